The van der Waals surface area contributed by atoms with Crippen molar-refractivity contribution in [2.45, 2.75) is 39.2 Å². The molecule has 4 amide bonds. The molecule has 0 bridgehead atoms. The lowest BCUT2D eigenvalue weighted by Crippen LogP contribution is -2.43. The van der Waals surface area contributed by atoms with E-state index in [4.69, 9.17) is 0 Å². The van der Waals surface area contributed by atoms with E-state index in [1.807, 2.05) is 13.8 Å². The van der Waals surface area contributed by atoms with Crippen molar-refractivity contribution in [3.05, 3.63) is 65.5 Å². The van der Waals surface area contributed by atoms with E-state index in [2.05, 4.69) is 10.6 Å². The highest BCUT2D eigenvalue weighted by Crippen LogP contribution is 2.32. The van der Waals surface area contributed by atoms with Crippen LogP contribution in [0.1, 0.15) is 49.5 Å². The maximum atomic E-state index is 13.3. The molecule has 1 heterocycles. The molecule has 7 nitrogen and oxygen atoms in total. The van der Waals surface area contributed by atoms with Gasteiger partial charge in [-0.25, -0.2) is 9.18 Å². The van der Waals surface area contributed by atoms with Crippen LogP contribution < -0.4 is 10.6 Å². The van der Waals surface area contributed by atoms with Gasteiger partial charge in [0, 0.05) is 17.7 Å². The Hall–Kier alpha value is -3.55. The summed E-state index contributed by atoms with van der Waals surface area (Å²) in [6, 6.07) is 11.0. The number of benzene rings is 2. The van der Waals surface area contributed by atoms with Gasteiger partial charge in [0.1, 0.15) is 11.4 Å². The Morgan fingerprint density at radius 2 is 1.69 bits per heavy atom. The summed E-state index contributed by atoms with van der Waals surface area (Å²) in [6.45, 7) is 5.20. The fraction of sp³-hybridized carbons (Fsp3) is 0.333. The summed E-state index contributed by atoms with van der Waals surface area (Å²) in [7, 11) is 0. The predicted octanol–water partition coefficient (Wildman–Crippen LogP) is 3.85. The highest BCUT2D eigenvalue weighted by Gasteiger charge is 2.51. The second-order valence-corrected chi connectivity index (χ2v) is 8.23. The predicted molar refractivity (Wildman–Crippen MR) is 117 cm³/mol. The van der Waals surface area contributed by atoms with Crippen LogP contribution in [0.2, 0.25) is 0 Å². The van der Waals surface area contributed by atoms with E-state index in [9.17, 15) is 23.6 Å². The molecular formula is C24H26FN3O4. The van der Waals surface area contributed by atoms with Gasteiger partial charge in [0.15, 0.2) is 5.78 Å². The number of anilines is 1. The van der Waals surface area contributed by atoms with Crippen LogP contribution in [0, 0.1) is 11.7 Å². The molecule has 0 saturated carbocycles. The molecule has 2 N–H and O–H groups in total. The Bertz CT molecular complexity index is 1030. The maximum absolute atomic E-state index is 13.3. The number of nitrogens with one attached hydrogen (secondary N) is 2. The van der Waals surface area contributed by atoms with Gasteiger partial charge in [0.05, 0.1) is 6.54 Å². The Labute approximate surface area is 186 Å². The third-order valence-corrected chi connectivity index (χ3v) is 5.43. The lowest BCUT2D eigenvalue weighted by atomic mass is 9.87. The Kier molecular flexibility index (Phi) is 6.72. The molecule has 0 radical (unpaired) electrons. The van der Waals surface area contributed by atoms with E-state index < -0.39 is 35.6 Å². The van der Waals surface area contributed by atoms with Gasteiger partial charge in [0.25, 0.3) is 5.91 Å². The molecule has 0 spiro atoms. The summed E-state index contributed by atoms with van der Waals surface area (Å²) in [4.78, 5) is 51.2. The summed E-state index contributed by atoms with van der Waals surface area (Å²) < 4.78 is 13.3. The van der Waals surface area contributed by atoms with Crippen molar-refractivity contribution in [3.63, 3.8) is 0 Å². The highest BCUT2D eigenvalue weighted by molar-refractivity contribution is 6.11. The van der Waals surface area contributed by atoms with E-state index >= 15 is 0 Å². The van der Waals surface area contributed by atoms with Crippen molar-refractivity contribution in [2.75, 3.05) is 11.9 Å². The highest BCUT2D eigenvalue weighted by atomic mass is 19.1. The van der Waals surface area contributed by atoms with Crippen LogP contribution in [0.15, 0.2) is 48.5 Å². The van der Waals surface area contributed by atoms with Crippen molar-refractivity contribution in [2.24, 2.45) is 5.92 Å². The van der Waals surface area contributed by atoms with Gasteiger partial charge in [-0.2, -0.15) is 0 Å². The van der Waals surface area contributed by atoms with Crippen molar-refractivity contribution in [1.82, 2.24) is 10.2 Å². The molecule has 1 saturated heterocycles. The second-order valence-electron chi connectivity index (χ2n) is 8.23. The van der Waals surface area contributed by atoms with E-state index in [0.29, 0.717) is 23.2 Å². The number of nitrogens with zero attached hydrogens (tertiary/aromatic N) is 1. The Morgan fingerprint density at radius 3 is 2.25 bits per heavy atom. The van der Waals surface area contributed by atoms with Gasteiger partial charge < -0.3 is 10.6 Å². The number of hydrogen-bond donors (Lipinski definition) is 2. The number of carbonyl (C=O) groups excluding carboxylic acids is 4. The minimum Gasteiger partial charge on any atom is -0.326 e. The van der Waals surface area contributed by atoms with E-state index in [0.717, 1.165) is 4.90 Å². The van der Waals surface area contributed by atoms with Crippen molar-refractivity contribution in [3.8, 4) is 0 Å². The summed E-state index contributed by atoms with van der Waals surface area (Å²) in [5.74, 6) is -1.31. The first-order chi connectivity index (χ1) is 15.2. The summed E-state index contributed by atoms with van der Waals surface area (Å²) in [5, 5.41) is 5.43. The average molecular weight is 439 g/mol. The van der Waals surface area contributed by atoms with Gasteiger partial charge in [-0.3, -0.25) is 19.3 Å². The van der Waals surface area contributed by atoms with Crippen LogP contribution in [0.25, 0.3) is 0 Å². The topological polar surface area (TPSA) is 95.6 Å². The van der Waals surface area contributed by atoms with Crippen LogP contribution in [0.5, 0.6) is 0 Å². The normalized spacial score (nSPS) is 18.1. The summed E-state index contributed by atoms with van der Waals surface area (Å²) in [6.07, 6.45) is 0.638. The molecule has 32 heavy (non-hydrogen) atoms. The fourth-order valence-corrected chi connectivity index (χ4v) is 3.70. The standard InChI is InChI=1S/C24H26FN3O4/c1-4-24(17-7-9-18(25)10-8-17)22(31)28(23(32)27-24)14-20(29)16-5-11-19(12-6-16)26-21(30)13-15(2)3/h5-12,15H,4,13-14H2,1-3H3,(H,26,30)(H,27,32). The molecule has 8 heteroatoms. The number of ketones is 1. The molecular weight excluding hydrogens is 413 g/mol. The molecule has 2 aromatic rings. The monoisotopic (exact) mass is 439 g/mol. The van der Waals surface area contributed by atoms with Crippen LogP contribution in [-0.4, -0.2) is 35.1 Å². The van der Waals surface area contributed by atoms with Gasteiger partial charge in [0.2, 0.25) is 5.91 Å². The minimum atomic E-state index is -1.34. The number of halogens is 1. The van der Waals surface area contributed by atoms with E-state index in [-0.39, 0.29) is 18.2 Å². The molecule has 1 unspecified atom stereocenters. The Morgan fingerprint density at radius 1 is 1.06 bits per heavy atom. The number of imide groups is 1. The van der Waals surface area contributed by atoms with Gasteiger partial charge in [-0.1, -0.05) is 32.9 Å². The smallest absolute Gasteiger partial charge is 0.325 e. The molecule has 1 fully saturated rings. The molecule has 168 valence electrons. The van der Waals surface area contributed by atoms with Crippen LogP contribution in [0.4, 0.5) is 14.9 Å². The largest absolute Gasteiger partial charge is 0.326 e. The first kappa shape index (κ1) is 23.1. The number of Topliss-reactive ketones (excluding diaryl/α,β-unsaturated/α-hetero) is 1. The molecule has 1 atom stereocenters. The number of carbonyl (C=O) groups is 4. The van der Waals surface area contributed by atoms with Gasteiger partial charge >= 0.3 is 6.03 Å². The maximum Gasteiger partial charge on any atom is 0.325 e. The lowest BCUT2D eigenvalue weighted by molar-refractivity contribution is -0.131. The first-order valence-corrected chi connectivity index (χ1v) is 10.5. The van der Waals surface area contributed by atoms with E-state index in [1.54, 1.807) is 31.2 Å². The summed E-state index contributed by atoms with van der Waals surface area (Å²) >= 11 is 0. The zero-order valence-corrected chi connectivity index (χ0v) is 18.3. The number of hydrogen-bond acceptors (Lipinski definition) is 4. The fourth-order valence-electron chi connectivity index (χ4n) is 3.70. The zero-order valence-electron chi connectivity index (χ0n) is 18.3. The van der Waals surface area contributed by atoms with Crippen LogP contribution in [-0.2, 0) is 15.1 Å². The second kappa shape index (κ2) is 9.30. The molecule has 1 aliphatic rings. The number of urea groups is 1. The van der Waals surface area contributed by atoms with E-state index in [1.165, 1.54) is 24.3 Å². The van der Waals surface area contributed by atoms with Crippen molar-refractivity contribution in [1.29, 1.82) is 0 Å². The molecule has 3 rings (SSSR count). The molecule has 1 aliphatic heterocycles. The van der Waals surface area contributed by atoms with Crippen molar-refractivity contribution < 1.29 is 23.6 Å². The SMILES string of the molecule is CCC1(c2ccc(F)cc2)NC(=O)N(CC(=O)c2ccc(NC(=O)CC(C)C)cc2)C1=O. The van der Waals surface area contributed by atoms with Crippen LogP contribution in [0.3, 0.4) is 0 Å². The van der Waals surface area contributed by atoms with Crippen molar-refractivity contribution >= 4 is 29.3 Å². The summed E-state index contributed by atoms with van der Waals surface area (Å²) in [5.41, 5.74) is -0.0155. The first-order valence-electron chi connectivity index (χ1n) is 10.5. The number of rotatable bonds is 8. The third kappa shape index (κ3) is 4.69. The number of amides is 4. The molecule has 2 aromatic carbocycles. The average Bonchev–Trinajstić information content (AvgIpc) is 2.99. The quantitative estimate of drug-likeness (QED) is 0.482. The van der Waals surface area contributed by atoms with Gasteiger partial charge in [-0.15, -0.1) is 0 Å². The molecule has 0 aromatic heterocycles. The molecule has 0 aliphatic carbocycles. The zero-order chi connectivity index (χ0) is 23.5. The van der Waals surface area contributed by atoms with Gasteiger partial charge in [-0.05, 0) is 54.3 Å². The van der Waals surface area contributed by atoms with Crippen LogP contribution >= 0.6 is 0 Å². The Balaban J connectivity index is 1.72. The third-order valence-electron chi connectivity index (χ3n) is 5.43. The minimum absolute atomic E-state index is 0.116. The lowest BCUT2D eigenvalue weighted by Gasteiger charge is -2.25.